The lowest BCUT2D eigenvalue weighted by Gasteiger charge is -2.27. The number of benzene rings is 1. The van der Waals surface area contributed by atoms with Gasteiger partial charge < -0.3 is 10.4 Å². The van der Waals surface area contributed by atoms with Crippen LogP contribution < -0.4 is 5.32 Å². The molecule has 1 aromatic rings. The number of carboxylic acids is 1. The van der Waals surface area contributed by atoms with E-state index in [-0.39, 0.29) is 17.9 Å². The van der Waals surface area contributed by atoms with Gasteiger partial charge in [-0.1, -0.05) is 18.0 Å². The standard InChI is InChI=1S/C15H18ClNO3S/c1-21-11-5-6-13(16)12(8-11)14(18)17-10-4-2-3-9(7-10)15(19)20/h5-6,8-10H,2-4,7H2,1H3,(H,17,18)(H,19,20). The first-order valence-electron chi connectivity index (χ1n) is 6.88. The first-order valence-corrected chi connectivity index (χ1v) is 8.48. The van der Waals surface area contributed by atoms with Gasteiger partial charge >= 0.3 is 5.97 Å². The van der Waals surface area contributed by atoms with Crippen LogP contribution in [0.4, 0.5) is 0 Å². The van der Waals surface area contributed by atoms with Gasteiger partial charge in [0.2, 0.25) is 0 Å². The lowest BCUT2D eigenvalue weighted by Crippen LogP contribution is -2.40. The van der Waals surface area contributed by atoms with Crippen molar-refractivity contribution in [1.29, 1.82) is 0 Å². The van der Waals surface area contributed by atoms with Crippen molar-refractivity contribution in [2.24, 2.45) is 5.92 Å². The summed E-state index contributed by atoms with van der Waals surface area (Å²) in [6.07, 6.45) is 4.74. The van der Waals surface area contributed by atoms with E-state index in [0.29, 0.717) is 23.4 Å². The molecule has 1 amide bonds. The average molecular weight is 328 g/mol. The SMILES string of the molecule is CSc1ccc(Cl)c(C(=O)NC2CCCC(C(=O)O)C2)c1. The Morgan fingerprint density at radius 1 is 1.38 bits per heavy atom. The van der Waals surface area contributed by atoms with Crippen LogP contribution in [0.2, 0.25) is 5.02 Å². The van der Waals surface area contributed by atoms with E-state index in [1.54, 1.807) is 23.9 Å². The van der Waals surface area contributed by atoms with Gasteiger partial charge in [0.25, 0.3) is 5.91 Å². The van der Waals surface area contributed by atoms with E-state index in [0.717, 1.165) is 17.7 Å². The minimum absolute atomic E-state index is 0.0960. The van der Waals surface area contributed by atoms with Crippen LogP contribution in [0.15, 0.2) is 23.1 Å². The molecule has 2 N–H and O–H groups in total. The number of carbonyl (C=O) groups excluding carboxylic acids is 1. The topological polar surface area (TPSA) is 66.4 Å². The Labute approximate surface area is 133 Å². The van der Waals surface area contributed by atoms with Crippen molar-refractivity contribution in [2.45, 2.75) is 36.6 Å². The number of amides is 1. The van der Waals surface area contributed by atoms with Crippen LogP contribution in [-0.4, -0.2) is 29.3 Å². The predicted molar refractivity (Wildman–Crippen MR) is 84.1 cm³/mol. The lowest BCUT2D eigenvalue weighted by molar-refractivity contribution is -0.143. The number of hydrogen-bond acceptors (Lipinski definition) is 3. The maximum atomic E-state index is 12.3. The summed E-state index contributed by atoms with van der Waals surface area (Å²) in [6.45, 7) is 0. The molecule has 0 saturated heterocycles. The molecule has 1 aromatic carbocycles. The van der Waals surface area contributed by atoms with Gasteiger partial charge in [-0.25, -0.2) is 0 Å². The van der Waals surface area contributed by atoms with Gasteiger partial charge in [-0.2, -0.15) is 0 Å². The summed E-state index contributed by atoms with van der Waals surface area (Å²) in [7, 11) is 0. The highest BCUT2D eigenvalue weighted by molar-refractivity contribution is 7.98. The third-order valence-electron chi connectivity index (χ3n) is 3.78. The predicted octanol–water partition coefficient (Wildman–Crippen LogP) is 3.44. The van der Waals surface area contributed by atoms with Crippen LogP contribution in [0, 0.1) is 5.92 Å². The van der Waals surface area contributed by atoms with Crippen LogP contribution in [-0.2, 0) is 4.79 Å². The molecule has 1 aliphatic carbocycles. The zero-order chi connectivity index (χ0) is 15.4. The van der Waals surface area contributed by atoms with Gasteiger partial charge in [0.05, 0.1) is 16.5 Å². The Bertz CT molecular complexity index is 550. The zero-order valence-electron chi connectivity index (χ0n) is 11.8. The number of carboxylic acid groups (broad SMARTS) is 1. The Kier molecular flexibility index (Phi) is 5.53. The number of nitrogens with one attached hydrogen (secondary N) is 1. The molecule has 0 aliphatic heterocycles. The summed E-state index contributed by atoms with van der Waals surface area (Å²) in [5.74, 6) is -1.37. The first-order chi connectivity index (χ1) is 10.0. The van der Waals surface area contributed by atoms with Crippen molar-refractivity contribution in [3.8, 4) is 0 Å². The van der Waals surface area contributed by atoms with Crippen LogP contribution in [0.1, 0.15) is 36.0 Å². The molecule has 2 unspecified atom stereocenters. The van der Waals surface area contributed by atoms with E-state index in [2.05, 4.69) is 5.32 Å². The van der Waals surface area contributed by atoms with Crippen LogP contribution in [0.3, 0.4) is 0 Å². The molecule has 1 aliphatic rings. The van der Waals surface area contributed by atoms with Gasteiger partial charge in [-0.15, -0.1) is 11.8 Å². The van der Waals surface area contributed by atoms with E-state index in [1.165, 1.54) is 0 Å². The summed E-state index contributed by atoms with van der Waals surface area (Å²) < 4.78 is 0. The van der Waals surface area contributed by atoms with E-state index in [4.69, 9.17) is 16.7 Å². The van der Waals surface area contributed by atoms with Crippen molar-refractivity contribution in [2.75, 3.05) is 6.26 Å². The Balaban J connectivity index is 2.05. The fraction of sp³-hybridized carbons (Fsp3) is 0.467. The number of rotatable bonds is 4. The Morgan fingerprint density at radius 3 is 2.81 bits per heavy atom. The highest BCUT2D eigenvalue weighted by Gasteiger charge is 2.28. The maximum Gasteiger partial charge on any atom is 0.306 e. The minimum Gasteiger partial charge on any atom is -0.481 e. The third kappa shape index (κ3) is 4.14. The molecule has 2 atom stereocenters. The second-order valence-corrected chi connectivity index (χ2v) is 6.50. The van der Waals surface area contributed by atoms with Crippen LogP contribution >= 0.6 is 23.4 Å². The Hall–Kier alpha value is -1.20. The summed E-state index contributed by atoms with van der Waals surface area (Å²) in [6, 6.07) is 5.25. The molecular weight excluding hydrogens is 310 g/mol. The summed E-state index contributed by atoms with van der Waals surface area (Å²) >= 11 is 7.62. The van der Waals surface area contributed by atoms with Crippen molar-refractivity contribution >= 4 is 35.2 Å². The van der Waals surface area contributed by atoms with Crippen molar-refractivity contribution in [3.63, 3.8) is 0 Å². The molecule has 6 heteroatoms. The highest BCUT2D eigenvalue weighted by Crippen LogP contribution is 2.26. The highest BCUT2D eigenvalue weighted by atomic mass is 35.5. The molecule has 1 saturated carbocycles. The number of thioether (sulfide) groups is 1. The monoisotopic (exact) mass is 327 g/mol. The quantitative estimate of drug-likeness (QED) is 0.831. The summed E-state index contributed by atoms with van der Waals surface area (Å²) in [5.41, 5.74) is 0.445. The fourth-order valence-electron chi connectivity index (χ4n) is 2.61. The second kappa shape index (κ2) is 7.18. The normalized spacial score (nSPS) is 21.8. The van der Waals surface area contributed by atoms with Gasteiger partial charge in [0, 0.05) is 10.9 Å². The molecule has 0 spiro atoms. The first kappa shape index (κ1) is 16.2. The molecule has 4 nitrogen and oxygen atoms in total. The molecule has 0 bridgehead atoms. The van der Waals surface area contributed by atoms with Gasteiger partial charge in [-0.3, -0.25) is 9.59 Å². The zero-order valence-corrected chi connectivity index (χ0v) is 13.3. The molecule has 2 rings (SSSR count). The largest absolute Gasteiger partial charge is 0.481 e. The van der Waals surface area contributed by atoms with Crippen molar-refractivity contribution in [1.82, 2.24) is 5.32 Å². The summed E-state index contributed by atoms with van der Waals surface area (Å²) in [4.78, 5) is 24.4. The molecular formula is C15H18ClNO3S. The maximum absolute atomic E-state index is 12.3. The minimum atomic E-state index is -0.781. The van der Waals surface area contributed by atoms with Gasteiger partial charge in [0.1, 0.15) is 0 Å². The molecule has 0 heterocycles. The van der Waals surface area contributed by atoms with E-state index >= 15 is 0 Å². The summed E-state index contributed by atoms with van der Waals surface area (Å²) in [5, 5.41) is 12.4. The molecule has 114 valence electrons. The fourth-order valence-corrected chi connectivity index (χ4v) is 3.26. The van der Waals surface area contributed by atoms with Crippen LogP contribution in [0.25, 0.3) is 0 Å². The lowest BCUT2D eigenvalue weighted by atomic mass is 9.85. The second-order valence-electron chi connectivity index (χ2n) is 5.22. The smallest absolute Gasteiger partial charge is 0.306 e. The number of carbonyl (C=O) groups is 2. The Morgan fingerprint density at radius 2 is 2.14 bits per heavy atom. The number of halogens is 1. The van der Waals surface area contributed by atoms with Gasteiger partial charge in [0.15, 0.2) is 0 Å². The van der Waals surface area contributed by atoms with Crippen LogP contribution in [0.5, 0.6) is 0 Å². The molecule has 1 fully saturated rings. The number of hydrogen-bond donors (Lipinski definition) is 2. The van der Waals surface area contributed by atoms with Gasteiger partial charge in [-0.05, 0) is 43.7 Å². The van der Waals surface area contributed by atoms with Crippen molar-refractivity contribution in [3.05, 3.63) is 28.8 Å². The van der Waals surface area contributed by atoms with E-state index in [1.807, 2.05) is 12.3 Å². The molecule has 0 aromatic heterocycles. The molecule has 21 heavy (non-hydrogen) atoms. The van der Waals surface area contributed by atoms with Crippen molar-refractivity contribution < 1.29 is 14.7 Å². The number of aliphatic carboxylic acids is 1. The average Bonchev–Trinajstić information content (AvgIpc) is 2.48. The van der Waals surface area contributed by atoms with E-state index < -0.39 is 5.97 Å². The third-order valence-corrected chi connectivity index (χ3v) is 4.83. The van der Waals surface area contributed by atoms with E-state index in [9.17, 15) is 9.59 Å². The molecule has 0 radical (unpaired) electrons.